The zero-order valence-corrected chi connectivity index (χ0v) is 10.1. The summed E-state index contributed by atoms with van der Waals surface area (Å²) in [6, 6.07) is 0. The lowest BCUT2D eigenvalue weighted by atomic mass is 10.0. The Labute approximate surface area is 96.1 Å². The number of hydrogen-bond acceptors (Lipinski definition) is 3. The van der Waals surface area contributed by atoms with E-state index in [0.29, 0.717) is 6.54 Å². The van der Waals surface area contributed by atoms with E-state index in [2.05, 4.69) is 11.9 Å². The SMILES string of the molecule is C=CCN(CC(=O)O)C(=O)C(C)(C)NCC. The summed E-state index contributed by atoms with van der Waals surface area (Å²) in [5, 5.41) is 11.7. The first-order chi connectivity index (χ1) is 7.35. The van der Waals surface area contributed by atoms with E-state index in [-0.39, 0.29) is 19.0 Å². The number of rotatable bonds is 7. The number of carbonyl (C=O) groups excluding carboxylic acids is 1. The first-order valence-corrected chi connectivity index (χ1v) is 5.22. The van der Waals surface area contributed by atoms with Crippen LogP contribution in [0.25, 0.3) is 0 Å². The fraction of sp³-hybridized carbons (Fsp3) is 0.636. The van der Waals surface area contributed by atoms with E-state index in [1.165, 1.54) is 11.0 Å². The van der Waals surface area contributed by atoms with Crippen LogP contribution in [-0.4, -0.2) is 47.1 Å². The van der Waals surface area contributed by atoms with Crippen molar-refractivity contribution >= 4 is 11.9 Å². The normalized spacial score (nSPS) is 10.9. The summed E-state index contributed by atoms with van der Waals surface area (Å²) >= 11 is 0. The second-order valence-electron chi connectivity index (χ2n) is 4.02. The lowest BCUT2D eigenvalue weighted by Crippen LogP contribution is -2.55. The van der Waals surface area contributed by atoms with Crippen molar-refractivity contribution in [2.75, 3.05) is 19.6 Å². The largest absolute Gasteiger partial charge is 0.480 e. The molecular formula is C11H20N2O3. The molecule has 0 saturated carbocycles. The Balaban J connectivity index is 4.71. The van der Waals surface area contributed by atoms with Gasteiger partial charge in [-0.1, -0.05) is 13.0 Å². The van der Waals surface area contributed by atoms with Crippen LogP contribution < -0.4 is 5.32 Å². The highest BCUT2D eigenvalue weighted by molar-refractivity contribution is 5.88. The molecule has 5 heteroatoms. The van der Waals surface area contributed by atoms with Crippen LogP contribution in [-0.2, 0) is 9.59 Å². The van der Waals surface area contributed by atoms with Crippen molar-refractivity contribution in [2.24, 2.45) is 0 Å². The topological polar surface area (TPSA) is 69.6 Å². The Bertz CT molecular complexity index is 274. The summed E-state index contributed by atoms with van der Waals surface area (Å²) in [6.45, 7) is 9.45. The van der Waals surface area contributed by atoms with E-state index in [9.17, 15) is 9.59 Å². The Kier molecular flexibility index (Phi) is 5.74. The van der Waals surface area contributed by atoms with Gasteiger partial charge in [0.25, 0.3) is 0 Å². The van der Waals surface area contributed by atoms with Crippen molar-refractivity contribution in [2.45, 2.75) is 26.3 Å². The Morgan fingerprint density at radius 1 is 1.50 bits per heavy atom. The number of carbonyl (C=O) groups is 2. The van der Waals surface area contributed by atoms with Gasteiger partial charge < -0.3 is 15.3 Å². The van der Waals surface area contributed by atoms with Gasteiger partial charge in [-0.15, -0.1) is 6.58 Å². The molecule has 0 aromatic rings. The molecular weight excluding hydrogens is 208 g/mol. The third-order valence-electron chi connectivity index (χ3n) is 2.12. The number of hydrogen-bond donors (Lipinski definition) is 2. The predicted octanol–water partition coefficient (Wildman–Crippen LogP) is 0.474. The van der Waals surface area contributed by atoms with E-state index < -0.39 is 11.5 Å². The van der Waals surface area contributed by atoms with E-state index in [1.54, 1.807) is 13.8 Å². The summed E-state index contributed by atoms with van der Waals surface area (Å²) in [5.74, 6) is -1.26. The average Bonchev–Trinajstić information content (AvgIpc) is 2.15. The number of carboxylic acid groups (broad SMARTS) is 1. The number of amides is 1. The summed E-state index contributed by atoms with van der Waals surface area (Å²) in [7, 11) is 0. The van der Waals surface area contributed by atoms with Gasteiger partial charge in [0, 0.05) is 6.54 Å². The van der Waals surface area contributed by atoms with Crippen LogP contribution in [0.2, 0.25) is 0 Å². The number of likely N-dealkylation sites (N-methyl/N-ethyl adjacent to an activating group) is 1. The van der Waals surface area contributed by atoms with Crippen LogP contribution in [0.15, 0.2) is 12.7 Å². The smallest absolute Gasteiger partial charge is 0.323 e. The summed E-state index contributed by atoms with van der Waals surface area (Å²) in [4.78, 5) is 23.9. The molecule has 0 aliphatic heterocycles. The Morgan fingerprint density at radius 2 is 2.06 bits per heavy atom. The summed E-state index contributed by atoms with van der Waals surface area (Å²) in [6.07, 6.45) is 1.52. The van der Waals surface area contributed by atoms with Gasteiger partial charge in [-0.25, -0.2) is 0 Å². The molecule has 0 aromatic carbocycles. The lowest BCUT2D eigenvalue weighted by Gasteiger charge is -2.30. The van der Waals surface area contributed by atoms with Gasteiger partial charge in [-0.2, -0.15) is 0 Å². The fourth-order valence-corrected chi connectivity index (χ4v) is 1.45. The molecule has 92 valence electrons. The molecule has 0 aromatic heterocycles. The highest BCUT2D eigenvalue weighted by Crippen LogP contribution is 2.08. The third-order valence-corrected chi connectivity index (χ3v) is 2.12. The highest BCUT2D eigenvalue weighted by Gasteiger charge is 2.31. The zero-order valence-electron chi connectivity index (χ0n) is 10.1. The molecule has 0 unspecified atom stereocenters. The maximum absolute atomic E-state index is 12.0. The maximum Gasteiger partial charge on any atom is 0.323 e. The van der Waals surface area contributed by atoms with Crippen LogP contribution in [0.1, 0.15) is 20.8 Å². The summed E-state index contributed by atoms with van der Waals surface area (Å²) in [5.41, 5.74) is -0.757. The van der Waals surface area contributed by atoms with Gasteiger partial charge in [0.1, 0.15) is 6.54 Å². The predicted molar refractivity (Wildman–Crippen MR) is 62.2 cm³/mol. The Hall–Kier alpha value is -1.36. The molecule has 0 fully saturated rings. The van der Waals surface area contributed by atoms with E-state index in [1.807, 2.05) is 6.92 Å². The molecule has 0 spiro atoms. The zero-order chi connectivity index (χ0) is 12.8. The number of nitrogens with zero attached hydrogens (tertiary/aromatic N) is 1. The minimum atomic E-state index is -1.03. The molecule has 0 bridgehead atoms. The van der Waals surface area contributed by atoms with Crippen molar-refractivity contribution in [1.82, 2.24) is 10.2 Å². The first-order valence-electron chi connectivity index (χ1n) is 5.22. The molecule has 1 amide bonds. The minimum absolute atomic E-state index is 0.236. The second-order valence-corrected chi connectivity index (χ2v) is 4.02. The quantitative estimate of drug-likeness (QED) is 0.622. The monoisotopic (exact) mass is 228 g/mol. The summed E-state index contributed by atoms with van der Waals surface area (Å²) < 4.78 is 0. The second kappa shape index (κ2) is 6.27. The van der Waals surface area contributed by atoms with Gasteiger partial charge in [-0.05, 0) is 20.4 Å². The van der Waals surface area contributed by atoms with Crippen LogP contribution >= 0.6 is 0 Å². The third kappa shape index (κ3) is 4.44. The molecule has 0 aliphatic carbocycles. The van der Waals surface area contributed by atoms with Crippen molar-refractivity contribution in [3.63, 3.8) is 0 Å². The minimum Gasteiger partial charge on any atom is -0.480 e. The van der Waals surface area contributed by atoms with Gasteiger partial charge in [0.05, 0.1) is 5.54 Å². The van der Waals surface area contributed by atoms with Gasteiger partial charge in [0.15, 0.2) is 0 Å². The average molecular weight is 228 g/mol. The van der Waals surface area contributed by atoms with E-state index in [4.69, 9.17) is 5.11 Å². The van der Waals surface area contributed by atoms with Crippen LogP contribution in [0, 0.1) is 0 Å². The number of carboxylic acids is 1. The molecule has 0 heterocycles. The van der Waals surface area contributed by atoms with Crippen LogP contribution in [0.3, 0.4) is 0 Å². The van der Waals surface area contributed by atoms with Crippen molar-refractivity contribution in [1.29, 1.82) is 0 Å². The van der Waals surface area contributed by atoms with Crippen molar-refractivity contribution in [3.05, 3.63) is 12.7 Å². The van der Waals surface area contributed by atoms with Gasteiger partial charge in [-0.3, -0.25) is 9.59 Å². The lowest BCUT2D eigenvalue weighted by molar-refractivity contribution is -0.146. The van der Waals surface area contributed by atoms with E-state index >= 15 is 0 Å². The Morgan fingerprint density at radius 3 is 2.44 bits per heavy atom. The fourth-order valence-electron chi connectivity index (χ4n) is 1.45. The van der Waals surface area contributed by atoms with Gasteiger partial charge in [0.2, 0.25) is 5.91 Å². The number of aliphatic carboxylic acids is 1. The molecule has 0 atom stereocenters. The molecule has 16 heavy (non-hydrogen) atoms. The molecule has 2 N–H and O–H groups in total. The highest BCUT2D eigenvalue weighted by atomic mass is 16.4. The maximum atomic E-state index is 12.0. The first kappa shape index (κ1) is 14.6. The van der Waals surface area contributed by atoms with Crippen molar-refractivity contribution < 1.29 is 14.7 Å². The molecule has 0 radical (unpaired) electrons. The van der Waals surface area contributed by atoms with Crippen molar-refractivity contribution in [3.8, 4) is 0 Å². The number of nitrogens with one attached hydrogen (secondary N) is 1. The molecule has 0 aliphatic rings. The van der Waals surface area contributed by atoms with Crippen LogP contribution in [0.4, 0.5) is 0 Å². The molecule has 0 saturated heterocycles. The molecule has 5 nitrogen and oxygen atoms in total. The standard InChI is InChI=1S/C11H20N2O3/c1-5-7-13(8-9(14)15)10(16)11(3,4)12-6-2/h5,12H,1,6-8H2,2-4H3,(H,14,15). The van der Waals surface area contributed by atoms with Gasteiger partial charge >= 0.3 is 5.97 Å². The molecule has 0 rings (SSSR count). The van der Waals surface area contributed by atoms with E-state index in [0.717, 1.165) is 0 Å². The van der Waals surface area contributed by atoms with Crippen LogP contribution in [0.5, 0.6) is 0 Å².